The maximum atomic E-state index is 11.6. The van der Waals surface area contributed by atoms with Gasteiger partial charge >= 0.3 is 0 Å². The first-order valence-electron chi connectivity index (χ1n) is 5.41. The lowest BCUT2D eigenvalue weighted by Crippen LogP contribution is -2.27. The van der Waals surface area contributed by atoms with E-state index in [1.807, 2.05) is 37.3 Å². The Morgan fingerprint density at radius 3 is 2.81 bits per heavy atom. The predicted octanol–water partition coefficient (Wildman–Crippen LogP) is 2.87. The summed E-state index contributed by atoms with van der Waals surface area (Å²) in [6, 6.07) is 9.49. The second kappa shape index (κ2) is 4.95. The van der Waals surface area contributed by atoms with E-state index in [9.17, 15) is 4.79 Å². The summed E-state index contributed by atoms with van der Waals surface area (Å²) in [7, 11) is 0. The molecule has 0 aliphatic carbocycles. The highest BCUT2D eigenvalue weighted by Crippen LogP contribution is 2.34. The van der Waals surface area contributed by atoms with Crippen LogP contribution in [0.15, 0.2) is 30.3 Å². The number of hydrogen-bond donors (Lipinski definition) is 0. The number of hydroxylamine groups is 1. The van der Waals surface area contributed by atoms with Crippen LogP contribution < -0.4 is 0 Å². The normalized spacial score (nSPS) is 25.9. The van der Waals surface area contributed by atoms with Gasteiger partial charge in [0.15, 0.2) is 5.78 Å². The molecule has 0 radical (unpaired) electrons. The molecule has 2 atom stereocenters. The second-order valence-electron chi connectivity index (χ2n) is 3.85. The fourth-order valence-electron chi connectivity index (χ4n) is 1.87. The number of nitrogens with zero attached hydrogens (tertiary/aromatic N) is 1. The average molecular weight is 240 g/mol. The largest absolute Gasteiger partial charge is 0.298 e. The van der Waals surface area contributed by atoms with E-state index in [2.05, 4.69) is 0 Å². The molecule has 1 heterocycles. The van der Waals surface area contributed by atoms with E-state index < -0.39 is 0 Å². The number of rotatable bonds is 3. The van der Waals surface area contributed by atoms with Crippen molar-refractivity contribution in [1.82, 2.24) is 4.58 Å². The molecule has 16 heavy (non-hydrogen) atoms. The van der Waals surface area contributed by atoms with Crippen molar-refractivity contribution in [2.45, 2.75) is 31.9 Å². The standard InChI is InChI=1S/C12H14ClNO2/c1-2-11(15)10-8-12(16-14(10)13)9-6-4-3-5-7-9/h3-7,10,12H,2,8H2,1H3. The highest BCUT2D eigenvalue weighted by molar-refractivity contribution is 6.14. The quantitative estimate of drug-likeness (QED) is 0.760. The molecule has 1 aromatic carbocycles. The fourth-order valence-corrected chi connectivity index (χ4v) is 2.15. The van der Waals surface area contributed by atoms with Crippen LogP contribution in [0.25, 0.3) is 0 Å². The van der Waals surface area contributed by atoms with E-state index in [1.54, 1.807) is 0 Å². The monoisotopic (exact) mass is 239 g/mol. The topological polar surface area (TPSA) is 29.5 Å². The van der Waals surface area contributed by atoms with Gasteiger partial charge in [-0.3, -0.25) is 9.63 Å². The van der Waals surface area contributed by atoms with Gasteiger partial charge in [0.25, 0.3) is 0 Å². The van der Waals surface area contributed by atoms with Crippen LogP contribution >= 0.6 is 11.8 Å². The Morgan fingerprint density at radius 1 is 1.50 bits per heavy atom. The molecule has 0 N–H and O–H groups in total. The molecule has 0 aromatic heterocycles. The molecule has 2 unspecified atom stereocenters. The van der Waals surface area contributed by atoms with E-state index in [0.717, 1.165) is 5.56 Å². The van der Waals surface area contributed by atoms with Gasteiger partial charge in [0, 0.05) is 24.6 Å². The van der Waals surface area contributed by atoms with Gasteiger partial charge in [-0.2, -0.15) is 0 Å². The molecule has 86 valence electrons. The zero-order valence-corrected chi connectivity index (χ0v) is 9.85. The Bertz CT molecular complexity index is 369. The van der Waals surface area contributed by atoms with E-state index in [0.29, 0.717) is 12.8 Å². The molecule has 0 saturated carbocycles. The van der Waals surface area contributed by atoms with E-state index in [4.69, 9.17) is 16.6 Å². The Hall–Kier alpha value is -0.900. The molecule has 3 nitrogen and oxygen atoms in total. The molecule has 1 aromatic rings. The first kappa shape index (κ1) is 11.6. The van der Waals surface area contributed by atoms with Crippen molar-refractivity contribution in [2.75, 3.05) is 0 Å². The molecule has 4 heteroatoms. The molecule has 2 rings (SSSR count). The molecular weight excluding hydrogens is 226 g/mol. The minimum absolute atomic E-state index is 0.112. The third-order valence-electron chi connectivity index (χ3n) is 2.80. The summed E-state index contributed by atoms with van der Waals surface area (Å²) in [5.74, 6) is 0.119. The smallest absolute Gasteiger partial charge is 0.153 e. The lowest BCUT2D eigenvalue weighted by molar-refractivity contribution is -0.132. The van der Waals surface area contributed by atoms with Crippen molar-refractivity contribution in [1.29, 1.82) is 0 Å². The third kappa shape index (κ3) is 2.26. The first-order chi connectivity index (χ1) is 7.72. The number of carbonyl (C=O) groups is 1. The SMILES string of the molecule is CCC(=O)C1CC(c2ccccc2)ON1Cl. The summed E-state index contributed by atoms with van der Waals surface area (Å²) in [5, 5.41) is 0. The molecular formula is C12H14ClNO2. The molecule has 1 aliphatic heterocycles. The van der Waals surface area contributed by atoms with Crippen molar-refractivity contribution in [3.63, 3.8) is 0 Å². The summed E-state index contributed by atoms with van der Waals surface area (Å²) < 4.78 is 1.17. The molecule has 1 fully saturated rings. The van der Waals surface area contributed by atoms with Crippen molar-refractivity contribution < 1.29 is 9.63 Å². The maximum absolute atomic E-state index is 11.6. The number of benzene rings is 1. The number of carbonyl (C=O) groups excluding carboxylic acids is 1. The first-order valence-corrected chi connectivity index (χ1v) is 5.75. The van der Waals surface area contributed by atoms with Gasteiger partial charge in [-0.1, -0.05) is 41.8 Å². The Kier molecular flexibility index (Phi) is 3.59. The summed E-state index contributed by atoms with van der Waals surface area (Å²) in [5.41, 5.74) is 1.06. The van der Waals surface area contributed by atoms with Crippen molar-refractivity contribution >= 4 is 17.6 Å². The minimum Gasteiger partial charge on any atom is -0.298 e. The summed E-state index contributed by atoms with van der Waals surface area (Å²) >= 11 is 5.89. The van der Waals surface area contributed by atoms with Crippen LogP contribution in [0.2, 0.25) is 0 Å². The average Bonchev–Trinajstić information content (AvgIpc) is 2.71. The van der Waals surface area contributed by atoms with Gasteiger partial charge in [0.1, 0.15) is 12.1 Å². The highest BCUT2D eigenvalue weighted by atomic mass is 35.5. The van der Waals surface area contributed by atoms with Gasteiger partial charge < -0.3 is 0 Å². The Balaban J connectivity index is 2.10. The number of Topliss-reactive ketones (excluding diaryl/α,β-unsaturated/α-hetero) is 1. The minimum atomic E-state index is -0.322. The van der Waals surface area contributed by atoms with Crippen molar-refractivity contribution in [3.8, 4) is 0 Å². The van der Waals surface area contributed by atoms with E-state index >= 15 is 0 Å². The Morgan fingerprint density at radius 2 is 2.19 bits per heavy atom. The maximum Gasteiger partial charge on any atom is 0.153 e. The van der Waals surface area contributed by atoms with Crippen molar-refractivity contribution in [3.05, 3.63) is 35.9 Å². The van der Waals surface area contributed by atoms with E-state index in [1.165, 1.54) is 4.58 Å². The number of hydrogen-bond acceptors (Lipinski definition) is 3. The molecule has 1 saturated heterocycles. The van der Waals surface area contributed by atoms with Crippen LogP contribution in [-0.4, -0.2) is 16.4 Å². The van der Waals surface area contributed by atoms with Crippen LogP contribution in [0.1, 0.15) is 31.4 Å². The summed E-state index contributed by atoms with van der Waals surface area (Å²) in [4.78, 5) is 17.1. The van der Waals surface area contributed by atoms with Crippen LogP contribution in [0, 0.1) is 0 Å². The van der Waals surface area contributed by atoms with Crippen LogP contribution in [0.5, 0.6) is 0 Å². The van der Waals surface area contributed by atoms with Gasteiger partial charge in [-0.25, -0.2) is 0 Å². The highest BCUT2D eigenvalue weighted by Gasteiger charge is 2.37. The van der Waals surface area contributed by atoms with Crippen molar-refractivity contribution in [2.24, 2.45) is 0 Å². The zero-order valence-electron chi connectivity index (χ0n) is 9.10. The summed E-state index contributed by atoms with van der Waals surface area (Å²) in [6.45, 7) is 1.84. The van der Waals surface area contributed by atoms with Gasteiger partial charge in [-0.05, 0) is 5.56 Å². The fraction of sp³-hybridized carbons (Fsp3) is 0.417. The predicted molar refractivity (Wildman–Crippen MR) is 61.7 cm³/mol. The summed E-state index contributed by atoms with van der Waals surface area (Å²) in [6.07, 6.45) is 0.998. The molecule has 1 aliphatic rings. The van der Waals surface area contributed by atoms with E-state index in [-0.39, 0.29) is 17.9 Å². The molecule has 0 bridgehead atoms. The van der Waals surface area contributed by atoms with Crippen LogP contribution in [0.3, 0.4) is 0 Å². The molecule has 0 spiro atoms. The lowest BCUT2D eigenvalue weighted by Gasteiger charge is -2.11. The third-order valence-corrected chi connectivity index (χ3v) is 3.12. The molecule has 0 amide bonds. The number of halogens is 1. The number of ketones is 1. The Labute approximate surface area is 100 Å². The zero-order chi connectivity index (χ0) is 11.5. The second-order valence-corrected chi connectivity index (χ2v) is 4.18. The van der Waals surface area contributed by atoms with Crippen LogP contribution in [0.4, 0.5) is 0 Å². The van der Waals surface area contributed by atoms with Crippen LogP contribution in [-0.2, 0) is 9.63 Å². The lowest BCUT2D eigenvalue weighted by atomic mass is 10.0. The van der Waals surface area contributed by atoms with Gasteiger partial charge in [0.05, 0.1) is 0 Å². The van der Waals surface area contributed by atoms with Gasteiger partial charge in [-0.15, -0.1) is 0 Å². The van der Waals surface area contributed by atoms with Gasteiger partial charge in [0.2, 0.25) is 0 Å².